The third kappa shape index (κ3) is 11.1. The summed E-state index contributed by atoms with van der Waals surface area (Å²) in [5.74, 6) is -2.03. The molecule has 0 aliphatic carbocycles. The summed E-state index contributed by atoms with van der Waals surface area (Å²) in [7, 11) is 0. The fourth-order valence-corrected chi connectivity index (χ4v) is 2.36. The summed E-state index contributed by atoms with van der Waals surface area (Å²) in [5.41, 5.74) is 0. The van der Waals surface area contributed by atoms with E-state index < -0.39 is 17.8 Å². The van der Waals surface area contributed by atoms with Gasteiger partial charge in [0.1, 0.15) is 0 Å². The Bertz CT molecular complexity index is 556. The van der Waals surface area contributed by atoms with E-state index in [1.54, 1.807) is 22.6 Å². The van der Waals surface area contributed by atoms with Gasteiger partial charge in [0, 0.05) is 61.4 Å². The molecule has 0 radical (unpaired) electrons. The van der Waals surface area contributed by atoms with Crippen LogP contribution in [-0.2, 0) is 33.5 Å². The van der Waals surface area contributed by atoms with Crippen molar-refractivity contribution in [3.63, 3.8) is 0 Å². The number of nitrogens with zero attached hydrogens (tertiary/aromatic N) is 1. The van der Waals surface area contributed by atoms with Crippen molar-refractivity contribution >= 4 is 50.2 Å². The first-order chi connectivity index (χ1) is 13.4. The minimum atomic E-state index is -0.724. The Balaban J connectivity index is 1.92. The molecule has 0 aromatic carbocycles. The van der Waals surface area contributed by atoms with E-state index in [4.69, 9.17) is 14.3 Å². The quantitative estimate of drug-likeness (QED) is 0.109. The molecule has 0 saturated carbocycles. The molecular formula is C16H24IN3O8. The monoisotopic (exact) mass is 513 g/mol. The minimum absolute atomic E-state index is 0.0412. The van der Waals surface area contributed by atoms with Gasteiger partial charge in [-0.15, -0.1) is 5.06 Å². The van der Waals surface area contributed by atoms with Crippen molar-refractivity contribution in [2.24, 2.45) is 0 Å². The number of hydrogen-bond acceptors (Lipinski definition) is 8. The zero-order chi connectivity index (χ0) is 20.8. The molecular weight excluding hydrogens is 489 g/mol. The molecule has 11 nitrogen and oxygen atoms in total. The zero-order valence-electron chi connectivity index (χ0n) is 15.4. The molecule has 28 heavy (non-hydrogen) atoms. The fourth-order valence-electron chi connectivity index (χ4n) is 2.09. The maximum absolute atomic E-state index is 11.6. The third-order valence-corrected chi connectivity index (χ3v) is 3.82. The molecule has 1 saturated heterocycles. The Labute approximate surface area is 175 Å². The molecule has 4 amide bonds. The summed E-state index contributed by atoms with van der Waals surface area (Å²) in [4.78, 5) is 61.2. The number of carbonyl (C=O) groups is 5. The number of imide groups is 1. The second-order valence-electron chi connectivity index (χ2n) is 5.67. The van der Waals surface area contributed by atoms with Crippen LogP contribution >= 0.6 is 22.6 Å². The van der Waals surface area contributed by atoms with Gasteiger partial charge in [0.25, 0.3) is 15.7 Å². The smallest absolute Gasteiger partial charge is 0.333 e. The third-order valence-electron chi connectivity index (χ3n) is 3.43. The van der Waals surface area contributed by atoms with E-state index in [0.717, 1.165) is 0 Å². The molecule has 1 aliphatic rings. The standard InChI is InChI=1S/C16H24IN3O8/c17-16(25)19-7-9-27-11-10-26-8-6-18-12(21)2-1-3-15(24)28-20-13(22)4-5-14(20)23/h1-11H2,(H,18,21)(H,19,25). The maximum Gasteiger partial charge on any atom is 0.333 e. The first kappa shape index (κ1) is 24.2. The number of rotatable bonds is 14. The second kappa shape index (κ2) is 14.2. The van der Waals surface area contributed by atoms with Crippen molar-refractivity contribution in [2.45, 2.75) is 32.1 Å². The van der Waals surface area contributed by atoms with Crippen molar-refractivity contribution in [1.29, 1.82) is 0 Å². The van der Waals surface area contributed by atoms with Crippen LogP contribution in [0.4, 0.5) is 4.79 Å². The predicted molar refractivity (Wildman–Crippen MR) is 103 cm³/mol. The van der Waals surface area contributed by atoms with Crippen LogP contribution in [0.2, 0.25) is 0 Å². The highest BCUT2D eigenvalue weighted by atomic mass is 127. The summed E-state index contributed by atoms with van der Waals surface area (Å²) < 4.78 is 10.4. The zero-order valence-corrected chi connectivity index (χ0v) is 17.5. The normalized spacial score (nSPS) is 13.5. The van der Waals surface area contributed by atoms with Crippen LogP contribution in [0.3, 0.4) is 0 Å². The highest BCUT2D eigenvalue weighted by Crippen LogP contribution is 2.13. The van der Waals surface area contributed by atoms with E-state index >= 15 is 0 Å². The Kier molecular flexibility index (Phi) is 12.3. The van der Waals surface area contributed by atoms with Crippen molar-refractivity contribution in [2.75, 3.05) is 39.5 Å². The molecule has 0 aromatic rings. The van der Waals surface area contributed by atoms with Crippen LogP contribution in [-0.4, -0.2) is 72.2 Å². The van der Waals surface area contributed by atoms with E-state index in [-0.39, 0.29) is 41.9 Å². The molecule has 158 valence electrons. The SMILES string of the molecule is O=C(I)NCCOCCOCCNC(=O)CCCC(=O)ON1C(=O)CCC1=O. The van der Waals surface area contributed by atoms with E-state index in [1.807, 2.05) is 0 Å². The first-order valence-electron chi connectivity index (χ1n) is 8.82. The largest absolute Gasteiger partial charge is 0.377 e. The molecule has 0 unspecified atom stereocenters. The molecule has 1 aliphatic heterocycles. The highest BCUT2D eigenvalue weighted by Gasteiger charge is 2.32. The Morgan fingerprint density at radius 1 is 0.893 bits per heavy atom. The van der Waals surface area contributed by atoms with Gasteiger partial charge in [-0.2, -0.15) is 0 Å². The van der Waals surface area contributed by atoms with Crippen molar-refractivity contribution < 1.29 is 38.3 Å². The first-order valence-corrected chi connectivity index (χ1v) is 9.90. The molecule has 0 spiro atoms. The van der Waals surface area contributed by atoms with Gasteiger partial charge in [-0.25, -0.2) is 4.79 Å². The highest BCUT2D eigenvalue weighted by molar-refractivity contribution is 14.1. The molecule has 1 fully saturated rings. The number of amides is 4. The molecule has 1 heterocycles. The number of hydroxylamine groups is 2. The van der Waals surface area contributed by atoms with Gasteiger partial charge < -0.3 is 24.9 Å². The number of hydrogen-bond donors (Lipinski definition) is 2. The van der Waals surface area contributed by atoms with Crippen molar-refractivity contribution in [3.8, 4) is 0 Å². The van der Waals surface area contributed by atoms with Crippen LogP contribution in [0.1, 0.15) is 32.1 Å². The van der Waals surface area contributed by atoms with Gasteiger partial charge in [0.05, 0.1) is 26.4 Å². The number of nitrogens with one attached hydrogen (secondary N) is 2. The van der Waals surface area contributed by atoms with E-state index in [2.05, 4.69) is 10.6 Å². The van der Waals surface area contributed by atoms with E-state index in [0.29, 0.717) is 44.6 Å². The number of carbonyl (C=O) groups excluding carboxylic acids is 5. The minimum Gasteiger partial charge on any atom is -0.377 e. The summed E-state index contributed by atoms with van der Waals surface area (Å²) in [6.45, 7) is 2.24. The molecule has 0 aromatic heterocycles. The van der Waals surface area contributed by atoms with Gasteiger partial charge in [0.15, 0.2) is 0 Å². The van der Waals surface area contributed by atoms with E-state index in [1.165, 1.54) is 0 Å². The maximum atomic E-state index is 11.6. The van der Waals surface area contributed by atoms with Crippen LogP contribution in [0.25, 0.3) is 0 Å². The lowest BCUT2D eigenvalue weighted by Gasteiger charge is -2.12. The average Bonchev–Trinajstić information content (AvgIpc) is 2.95. The molecule has 12 heteroatoms. The summed E-state index contributed by atoms with van der Waals surface area (Å²) in [6, 6.07) is 0. The molecule has 0 bridgehead atoms. The van der Waals surface area contributed by atoms with Gasteiger partial charge in [-0.3, -0.25) is 19.2 Å². The topological polar surface area (TPSA) is 140 Å². The lowest BCUT2D eigenvalue weighted by Crippen LogP contribution is -2.32. The van der Waals surface area contributed by atoms with Crippen LogP contribution in [0.15, 0.2) is 0 Å². The lowest BCUT2D eigenvalue weighted by molar-refractivity contribution is -0.197. The van der Waals surface area contributed by atoms with Gasteiger partial charge in [-0.05, 0) is 6.42 Å². The van der Waals surface area contributed by atoms with Crippen LogP contribution in [0, 0.1) is 0 Å². The van der Waals surface area contributed by atoms with Crippen LogP contribution in [0.5, 0.6) is 0 Å². The fraction of sp³-hybridized carbons (Fsp3) is 0.688. The summed E-state index contributed by atoms with van der Waals surface area (Å²) in [5, 5.41) is 5.72. The Morgan fingerprint density at radius 2 is 1.46 bits per heavy atom. The van der Waals surface area contributed by atoms with Crippen molar-refractivity contribution in [3.05, 3.63) is 0 Å². The van der Waals surface area contributed by atoms with Crippen molar-refractivity contribution in [1.82, 2.24) is 15.7 Å². The predicted octanol–water partition coefficient (Wildman–Crippen LogP) is 0.0579. The Morgan fingerprint density at radius 3 is 2.04 bits per heavy atom. The van der Waals surface area contributed by atoms with Gasteiger partial charge in [-0.1, -0.05) is 0 Å². The Hall–Kier alpha value is -1.80. The van der Waals surface area contributed by atoms with E-state index in [9.17, 15) is 24.0 Å². The van der Waals surface area contributed by atoms with Crippen LogP contribution < -0.4 is 10.6 Å². The second-order valence-corrected chi connectivity index (χ2v) is 6.65. The molecule has 1 rings (SSSR count). The molecule has 2 N–H and O–H groups in total. The summed E-state index contributed by atoms with van der Waals surface area (Å²) >= 11 is 1.64. The van der Waals surface area contributed by atoms with Gasteiger partial charge >= 0.3 is 5.97 Å². The number of ether oxygens (including phenoxy) is 2. The van der Waals surface area contributed by atoms with Gasteiger partial charge in [0.2, 0.25) is 5.91 Å². The lowest BCUT2D eigenvalue weighted by atomic mass is 10.2. The molecule has 0 atom stereocenters. The average molecular weight is 513 g/mol. The summed E-state index contributed by atoms with van der Waals surface area (Å²) in [6.07, 6.45) is 0.362. The number of halogens is 1.